The fourth-order valence-corrected chi connectivity index (χ4v) is 3.39. The standard InChI is InChI=1S/C20H21N3O4/c24-19(16-2-1-7-21-12-16)22-11-14-5-8-23(9-6-14)20(25)15-3-4-17-18(10-15)27-13-26-17/h1-4,7,10,12,14H,5-6,8-9,11,13H2,(H,22,24). The number of ether oxygens (including phenoxy) is 2. The number of hydrogen-bond donors (Lipinski definition) is 1. The van der Waals surface area contributed by atoms with E-state index in [0.717, 1.165) is 12.8 Å². The van der Waals surface area contributed by atoms with Crippen LogP contribution >= 0.6 is 0 Å². The Labute approximate surface area is 157 Å². The lowest BCUT2D eigenvalue weighted by Crippen LogP contribution is -2.41. The van der Waals surface area contributed by atoms with Gasteiger partial charge in [0, 0.05) is 37.6 Å². The molecule has 7 heteroatoms. The van der Waals surface area contributed by atoms with Gasteiger partial charge in [-0.2, -0.15) is 0 Å². The van der Waals surface area contributed by atoms with Crippen LogP contribution in [0.1, 0.15) is 33.6 Å². The first-order chi connectivity index (χ1) is 13.2. The molecule has 7 nitrogen and oxygen atoms in total. The first-order valence-corrected chi connectivity index (χ1v) is 9.08. The van der Waals surface area contributed by atoms with Gasteiger partial charge in [0.15, 0.2) is 11.5 Å². The van der Waals surface area contributed by atoms with Crippen molar-refractivity contribution in [3.8, 4) is 11.5 Å². The Kier molecular flexibility index (Phi) is 4.91. The summed E-state index contributed by atoms with van der Waals surface area (Å²) in [5.74, 6) is 1.56. The molecule has 1 fully saturated rings. The molecule has 2 aliphatic rings. The largest absolute Gasteiger partial charge is 0.454 e. The zero-order valence-electron chi connectivity index (χ0n) is 14.9. The molecule has 2 amide bonds. The molecule has 2 aromatic rings. The molecule has 1 N–H and O–H groups in total. The second-order valence-electron chi connectivity index (χ2n) is 6.76. The average Bonchev–Trinajstić information content (AvgIpc) is 3.20. The van der Waals surface area contributed by atoms with E-state index in [1.807, 2.05) is 4.90 Å². The van der Waals surface area contributed by atoms with Crippen molar-refractivity contribution in [2.75, 3.05) is 26.4 Å². The van der Waals surface area contributed by atoms with Gasteiger partial charge < -0.3 is 19.7 Å². The van der Waals surface area contributed by atoms with E-state index >= 15 is 0 Å². The van der Waals surface area contributed by atoms with E-state index in [1.54, 1.807) is 42.7 Å². The van der Waals surface area contributed by atoms with Crippen molar-refractivity contribution >= 4 is 11.8 Å². The molecular weight excluding hydrogens is 346 g/mol. The molecular formula is C20H21N3O4. The molecule has 140 valence electrons. The lowest BCUT2D eigenvalue weighted by molar-refractivity contribution is 0.0684. The van der Waals surface area contributed by atoms with E-state index in [9.17, 15) is 9.59 Å². The number of pyridine rings is 1. The van der Waals surface area contributed by atoms with Gasteiger partial charge in [-0.25, -0.2) is 0 Å². The lowest BCUT2D eigenvalue weighted by Gasteiger charge is -2.32. The normalized spacial score (nSPS) is 16.2. The Balaban J connectivity index is 1.27. The van der Waals surface area contributed by atoms with E-state index in [4.69, 9.17) is 9.47 Å². The lowest BCUT2D eigenvalue weighted by atomic mass is 9.96. The third-order valence-electron chi connectivity index (χ3n) is 5.00. The van der Waals surface area contributed by atoms with Crippen LogP contribution in [0, 0.1) is 5.92 Å². The second-order valence-corrected chi connectivity index (χ2v) is 6.76. The highest BCUT2D eigenvalue weighted by molar-refractivity contribution is 5.95. The van der Waals surface area contributed by atoms with Gasteiger partial charge in [-0.3, -0.25) is 14.6 Å². The van der Waals surface area contributed by atoms with Gasteiger partial charge in [-0.15, -0.1) is 0 Å². The van der Waals surface area contributed by atoms with Gasteiger partial charge in [-0.05, 0) is 49.1 Å². The first-order valence-electron chi connectivity index (χ1n) is 9.08. The summed E-state index contributed by atoms with van der Waals surface area (Å²) in [6.07, 6.45) is 4.93. The van der Waals surface area contributed by atoms with E-state index in [2.05, 4.69) is 10.3 Å². The summed E-state index contributed by atoms with van der Waals surface area (Å²) in [6.45, 7) is 2.17. The number of likely N-dealkylation sites (tertiary alicyclic amines) is 1. The molecule has 3 heterocycles. The van der Waals surface area contributed by atoms with Gasteiger partial charge in [0.25, 0.3) is 11.8 Å². The third-order valence-corrected chi connectivity index (χ3v) is 5.00. The quantitative estimate of drug-likeness (QED) is 0.895. The van der Waals surface area contributed by atoms with Gasteiger partial charge >= 0.3 is 0 Å². The van der Waals surface area contributed by atoms with Crippen LogP contribution in [0.4, 0.5) is 0 Å². The van der Waals surface area contributed by atoms with Gasteiger partial charge in [-0.1, -0.05) is 0 Å². The number of carbonyl (C=O) groups excluding carboxylic acids is 2. The molecule has 1 saturated heterocycles. The predicted molar refractivity (Wildman–Crippen MR) is 97.8 cm³/mol. The maximum Gasteiger partial charge on any atom is 0.253 e. The summed E-state index contributed by atoms with van der Waals surface area (Å²) >= 11 is 0. The minimum absolute atomic E-state index is 0.00569. The van der Waals surface area contributed by atoms with Crippen LogP contribution in [0.15, 0.2) is 42.7 Å². The number of aromatic nitrogens is 1. The smallest absolute Gasteiger partial charge is 0.253 e. The number of benzene rings is 1. The molecule has 0 unspecified atom stereocenters. The van der Waals surface area contributed by atoms with Gasteiger partial charge in [0.1, 0.15) is 0 Å². The minimum atomic E-state index is -0.109. The summed E-state index contributed by atoms with van der Waals surface area (Å²) in [7, 11) is 0. The fourth-order valence-electron chi connectivity index (χ4n) is 3.39. The van der Waals surface area contributed by atoms with Crippen molar-refractivity contribution in [2.24, 2.45) is 5.92 Å². The Morgan fingerprint density at radius 1 is 1.11 bits per heavy atom. The van der Waals surface area contributed by atoms with Crippen LogP contribution in [-0.2, 0) is 0 Å². The fraction of sp³-hybridized carbons (Fsp3) is 0.350. The topological polar surface area (TPSA) is 80.8 Å². The highest BCUT2D eigenvalue weighted by atomic mass is 16.7. The van der Waals surface area contributed by atoms with E-state index < -0.39 is 0 Å². The summed E-state index contributed by atoms with van der Waals surface area (Å²) in [6, 6.07) is 8.78. The first kappa shape index (κ1) is 17.3. The zero-order chi connectivity index (χ0) is 18.6. The van der Waals surface area contributed by atoms with Crippen LogP contribution < -0.4 is 14.8 Å². The number of rotatable bonds is 4. The summed E-state index contributed by atoms with van der Waals surface area (Å²) in [4.78, 5) is 30.6. The second kappa shape index (κ2) is 7.65. The highest BCUT2D eigenvalue weighted by Gasteiger charge is 2.25. The van der Waals surface area contributed by atoms with E-state index in [0.29, 0.717) is 48.2 Å². The molecule has 0 saturated carbocycles. The summed E-state index contributed by atoms with van der Waals surface area (Å²) < 4.78 is 10.6. The third kappa shape index (κ3) is 3.86. The monoisotopic (exact) mass is 367 g/mol. The van der Waals surface area contributed by atoms with Crippen molar-refractivity contribution in [2.45, 2.75) is 12.8 Å². The molecule has 0 spiro atoms. The summed E-state index contributed by atoms with van der Waals surface area (Å²) in [5.41, 5.74) is 1.18. The van der Waals surface area contributed by atoms with Crippen molar-refractivity contribution in [1.29, 1.82) is 0 Å². The van der Waals surface area contributed by atoms with Crippen molar-refractivity contribution in [3.63, 3.8) is 0 Å². The average molecular weight is 367 g/mol. The summed E-state index contributed by atoms with van der Waals surface area (Å²) in [5, 5.41) is 2.96. The molecule has 0 radical (unpaired) electrons. The Morgan fingerprint density at radius 2 is 1.93 bits per heavy atom. The Bertz CT molecular complexity index is 832. The molecule has 0 atom stereocenters. The zero-order valence-corrected chi connectivity index (χ0v) is 14.9. The number of piperidine rings is 1. The number of nitrogens with zero attached hydrogens (tertiary/aromatic N) is 2. The Hall–Kier alpha value is -3.09. The number of carbonyl (C=O) groups is 2. The SMILES string of the molecule is O=C(NCC1CCN(C(=O)c2ccc3c(c2)OCO3)CC1)c1cccnc1. The van der Waals surface area contributed by atoms with Crippen molar-refractivity contribution < 1.29 is 19.1 Å². The minimum Gasteiger partial charge on any atom is -0.454 e. The number of hydrogen-bond acceptors (Lipinski definition) is 5. The molecule has 1 aromatic carbocycles. The molecule has 0 bridgehead atoms. The van der Waals surface area contributed by atoms with Crippen molar-refractivity contribution in [1.82, 2.24) is 15.2 Å². The molecule has 4 rings (SSSR count). The van der Waals surface area contributed by atoms with Crippen LogP contribution in [0.3, 0.4) is 0 Å². The van der Waals surface area contributed by atoms with E-state index in [-0.39, 0.29) is 18.6 Å². The van der Waals surface area contributed by atoms with Gasteiger partial charge in [0.2, 0.25) is 6.79 Å². The van der Waals surface area contributed by atoms with Crippen molar-refractivity contribution in [3.05, 3.63) is 53.9 Å². The molecule has 0 aliphatic carbocycles. The number of amides is 2. The molecule has 27 heavy (non-hydrogen) atoms. The van der Waals surface area contributed by atoms with E-state index in [1.165, 1.54) is 0 Å². The predicted octanol–water partition coefficient (Wildman–Crippen LogP) is 2.09. The maximum atomic E-state index is 12.7. The Morgan fingerprint density at radius 3 is 2.70 bits per heavy atom. The molecule has 2 aliphatic heterocycles. The van der Waals surface area contributed by atoms with Crippen LogP contribution in [0.25, 0.3) is 0 Å². The maximum absolute atomic E-state index is 12.7. The highest BCUT2D eigenvalue weighted by Crippen LogP contribution is 2.33. The number of fused-ring (bicyclic) bond motifs is 1. The molecule has 1 aromatic heterocycles. The van der Waals surface area contributed by atoms with Crippen LogP contribution in [-0.4, -0.2) is 48.1 Å². The number of nitrogens with one attached hydrogen (secondary N) is 1. The van der Waals surface area contributed by atoms with Gasteiger partial charge in [0.05, 0.1) is 5.56 Å². The van der Waals surface area contributed by atoms with Crippen LogP contribution in [0.5, 0.6) is 11.5 Å². The van der Waals surface area contributed by atoms with Crippen LogP contribution in [0.2, 0.25) is 0 Å².